The zero-order valence-corrected chi connectivity index (χ0v) is 46.6. The summed E-state index contributed by atoms with van der Waals surface area (Å²) < 4.78 is 89.8. The van der Waals surface area contributed by atoms with Gasteiger partial charge in [-0.2, -0.15) is 13.2 Å². The van der Waals surface area contributed by atoms with E-state index in [-0.39, 0.29) is 62.0 Å². The number of benzene rings is 2. The SMILES string of the molecule is CC(C)(C)N(C(=O)O)[C@H]1CN(C(=O)CS(C)(=O)=O)CC[C@H]2CC[C@@H](C(=O)N[C@@H]3CCOc4ccccc43)N2C1=O.CS(=O)(=O)CC(=O)N1CC[C@H]2CC[C@@H](C(=O)N[C@@H]3CCOc4ccccc43)N2C(=O)[C@@H](N)C1.O=C(O)C(F)(F)F. The molecule has 4 fully saturated rings. The van der Waals surface area contributed by atoms with Crippen molar-refractivity contribution in [2.45, 2.75) is 132 Å². The number of para-hydroxylation sites is 2. The molecule has 24 nitrogen and oxygen atoms in total. The Kier molecular flexibility index (Phi) is 19.8. The van der Waals surface area contributed by atoms with Crippen LogP contribution < -0.4 is 25.8 Å². The number of rotatable bonds is 9. The number of ether oxygens (including phenoxy) is 2. The predicted octanol–water partition coefficient (Wildman–Crippen LogP) is 1.63. The molecule has 0 radical (unpaired) electrons. The van der Waals surface area contributed by atoms with E-state index in [1.54, 1.807) is 25.7 Å². The summed E-state index contributed by atoms with van der Waals surface area (Å²) in [7, 11) is -7.13. The Morgan fingerprint density at radius 3 is 1.44 bits per heavy atom. The summed E-state index contributed by atoms with van der Waals surface area (Å²) in [5, 5.41) is 23.4. The van der Waals surface area contributed by atoms with E-state index in [1.807, 2.05) is 48.5 Å². The van der Waals surface area contributed by atoms with Crippen LogP contribution in [0.15, 0.2) is 48.5 Å². The number of carbonyl (C=O) groups excluding carboxylic acids is 6. The van der Waals surface area contributed by atoms with Crippen LogP contribution in [0.5, 0.6) is 11.5 Å². The summed E-state index contributed by atoms with van der Waals surface area (Å²) in [6, 6.07) is 10.2. The molecule has 4 saturated heterocycles. The van der Waals surface area contributed by atoms with E-state index in [4.69, 9.17) is 25.1 Å². The molecule has 0 aliphatic carbocycles. The number of sulfone groups is 2. The highest BCUT2D eigenvalue weighted by molar-refractivity contribution is 7.91. The number of hydrogen-bond donors (Lipinski definition) is 5. The maximum absolute atomic E-state index is 14.2. The quantitative estimate of drug-likeness (QED) is 0.238. The zero-order valence-electron chi connectivity index (χ0n) is 44.9. The Morgan fingerprint density at radius 1 is 0.650 bits per heavy atom. The molecule has 80 heavy (non-hydrogen) atoms. The van der Waals surface area contributed by atoms with Gasteiger partial charge in [0.2, 0.25) is 35.4 Å². The van der Waals surface area contributed by atoms with E-state index in [1.165, 1.54) is 14.7 Å². The topological polar surface area (TPSA) is 330 Å². The average Bonchev–Trinajstić information content (AvgIpc) is 4.04. The molecule has 2 aromatic carbocycles. The van der Waals surface area contributed by atoms with Gasteiger partial charge in [0.1, 0.15) is 47.2 Å². The van der Waals surface area contributed by atoms with E-state index in [0.717, 1.165) is 34.3 Å². The summed E-state index contributed by atoms with van der Waals surface area (Å²) in [5.74, 6) is -5.38. The lowest BCUT2D eigenvalue weighted by Gasteiger charge is -2.45. The number of carboxylic acid groups (broad SMARTS) is 2. The Morgan fingerprint density at radius 2 is 1.05 bits per heavy atom. The first-order valence-corrected chi connectivity index (χ1v) is 30.0. The molecule has 8 rings (SSSR count). The van der Waals surface area contributed by atoms with E-state index < -0.39 is 103 Å². The van der Waals surface area contributed by atoms with Crippen LogP contribution in [-0.2, 0) is 53.2 Å². The molecular formula is C51H69F3N8O16S2. The monoisotopic (exact) mass is 1170 g/mol. The predicted molar refractivity (Wildman–Crippen MR) is 279 cm³/mol. The third kappa shape index (κ3) is 15.8. The van der Waals surface area contributed by atoms with Crippen molar-refractivity contribution >= 4 is 67.2 Å². The molecule has 6 aliphatic heterocycles. The maximum Gasteiger partial charge on any atom is 0.490 e. The second-order valence-electron chi connectivity index (χ2n) is 21.6. The van der Waals surface area contributed by atoms with Gasteiger partial charge in [0.15, 0.2) is 19.7 Å². The first-order chi connectivity index (χ1) is 37.2. The van der Waals surface area contributed by atoms with Crippen LogP contribution in [0, 0.1) is 0 Å². The van der Waals surface area contributed by atoms with Crippen LogP contribution in [0.1, 0.15) is 95.3 Å². The Labute approximate surface area is 461 Å². The van der Waals surface area contributed by atoms with Crippen LogP contribution in [0.3, 0.4) is 0 Å². The summed E-state index contributed by atoms with van der Waals surface area (Å²) in [6.45, 7) is 5.92. The Balaban J connectivity index is 0.000000234. The van der Waals surface area contributed by atoms with Gasteiger partial charge in [-0.05, 0) is 71.4 Å². The number of carboxylic acids is 1. The molecule has 7 amide bonds. The minimum Gasteiger partial charge on any atom is -0.493 e. The van der Waals surface area contributed by atoms with Crippen LogP contribution in [0.2, 0.25) is 0 Å². The number of nitrogens with two attached hydrogens (primary N) is 1. The van der Waals surface area contributed by atoms with Gasteiger partial charge in [0, 0.05) is 73.7 Å². The minimum absolute atomic E-state index is 0.0713. The van der Waals surface area contributed by atoms with E-state index in [0.29, 0.717) is 70.3 Å². The lowest BCUT2D eigenvalue weighted by atomic mass is 9.99. The van der Waals surface area contributed by atoms with E-state index >= 15 is 0 Å². The number of nitrogens with one attached hydrogen (secondary N) is 2. The second kappa shape index (κ2) is 25.4. The van der Waals surface area contributed by atoms with Crippen LogP contribution in [-0.4, -0.2) is 210 Å². The van der Waals surface area contributed by atoms with Crippen molar-refractivity contribution in [1.29, 1.82) is 0 Å². The van der Waals surface area contributed by atoms with Gasteiger partial charge in [-0.3, -0.25) is 33.7 Å². The van der Waals surface area contributed by atoms with Crippen molar-refractivity contribution in [3.8, 4) is 11.5 Å². The molecule has 6 heterocycles. The Bertz CT molecular complexity index is 2910. The molecular weight excluding hydrogens is 1100 g/mol. The summed E-state index contributed by atoms with van der Waals surface area (Å²) in [5.41, 5.74) is 6.88. The van der Waals surface area contributed by atoms with Crippen molar-refractivity contribution in [1.82, 2.24) is 35.1 Å². The molecule has 6 N–H and O–H groups in total. The highest BCUT2D eigenvalue weighted by atomic mass is 32.2. The lowest BCUT2D eigenvalue weighted by Crippen LogP contribution is -2.65. The van der Waals surface area contributed by atoms with Crippen LogP contribution >= 0.6 is 0 Å². The van der Waals surface area contributed by atoms with Gasteiger partial charge in [0.25, 0.3) is 0 Å². The largest absolute Gasteiger partial charge is 0.493 e. The van der Waals surface area contributed by atoms with Crippen LogP contribution in [0.4, 0.5) is 18.0 Å². The standard InChI is InChI=1S/C27H38N4O8S.C22H30N4O6S.C2HF3O2/c1-27(2,3)31(26(35)36)21-15-29(23(32)16-40(4,37)38)13-11-17-9-10-20(30(17)25(21)34)24(33)28-19-12-14-39-22-8-6-5-7-18(19)22;1-33(30,31)13-20(27)25-10-8-14-6-7-18(26(14)22(29)16(23)12-25)21(28)24-17-9-11-32-19-5-3-2-4-15(17)19;3-2(4,5)1(6)7/h5-8,17,19-21H,9-16H2,1-4H3,(H,28,33)(H,35,36);2-5,14,16-18H,6-13,23H2,1H3,(H,24,28);(H,6,7)/t17-,19-,20+,21+;14-,16+,17-,18+;/m11./s1. The molecule has 6 aliphatic rings. The molecule has 0 aromatic heterocycles. The third-order valence-electron chi connectivity index (χ3n) is 14.5. The van der Waals surface area contributed by atoms with Crippen molar-refractivity contribution in [3.05, 3.63) is 59.7 Å². The molecule has 0 unspecified atom stereocenters. The van der Waals surface area contributed by atoms with Gasteiger partial charge in [-0.1, -0.05) is 36.4 Å². The number of nitrogens with zero attached hydrogens (tertiary/aromatic N) is 5. The van der Waals surface area contributed by atoms with Crippen molar-refractivity contribution < 1.29 is 88.0 Å². The number of fused-ring (bicyclic) bond motifs is 4. The highest BCUT2D eigenvalue weighted by Crippen LogP contribution is 2.37. The first-order valence-electron chi connectivity index (χ1n) is 25.9. The normalized spacial score (nSPS) is 25.0. The van der Waals surface area contributed by atoms with Gasteiger partial charge in [0.05, 0.1) is 31.8 Å². The summed E-state index contributed by atoms with van der Waals surface area (Å²) in [6.07, 6.45) is -0.430. The molecule has 29 heteroatoms. The van der Waals surface area contributed by atoms with Crippen LogP contribution in [0.25, 0.3) is 0 Å². The number of halogens is 3. The first kappa shape index (κ1) is 62.4. The average molecular weight is 1170 g/mol. The molecule has 0 bridgehead atoms. The molecule has 0 spiro atoms. The van der Waals surface area contributed by atoms with Gasteiger partial charge < -0.3 is 55.7 Å². The lowest BCUT2D eigenvalue weighted by molar-refractivity contribution is -0.192. The number of hydrogen-bond acceptors (Lipinski definition) is 15. The molecule has 2 aromatic rings. The highest BCUT2D eigenvalue weighted by Gasteiger charge is 2.50. The number of alkyl halides is 3. The number of carbonyl (C=O) groups is 8. The fourth-order valence-electron chi connectivity index (χ4n) is 11.0. The van der Waals surface area contributed by atoms with Crippen molar-refractivity contribution in [2.75, 3.05) is 63.4 Å². The number of amides is 7. The van der Waals surface area contributed by atoms with E-state index in [2.05, 4.69) is 10.6 Å². The fourth-order valence-corrected chi connectivity index (χ4v) is 12.2. The van der Waals surface area contributed by atoms with Gasteiger partial charge >= 0.3 is 18.2 Å². The minimum atomic E-state index is -5.08. The van der Waals surface area contributed by atoms with Crippen molar-refractivity contribution in [2.24, 2.45) is 5.73 Å². The number of aliphatic carboxylic acids is 1. The summed E-state index contributed by atoms with van der Waals surface area (Å²) >= 11 is 0. The molecule has 8 atom stereocenters. The van der Waals surface area contributed by atoms with Gasteiger partial charge in [-0.25, -0.2) is 26.4 Å². The molecule has 0 saturated carbocycles. The smallest absolute Gasteiger partial charge is 0.490 e. The van der Waals surface area contributed by atoms with Gasteiger partial charge in [-0.15, -0.1) is 0 Å². The Hall–Kier alpha value is -6.75. The molecule has 442 valence electrons. The summed E-state index contributed by atoms with van der Waals surface area (Å²) in [4.78, 5) is 108. The zero-order chi connectivity index (χ0) is 59.2. The third-order valence-corrected chi connectivity index (χ3v) is 16.0. The maximum atomic E-state index is 14.2. The van der Waals surface area contributed by atoms with Crippen molar-refractivity contribution in [3.63, 3.8) is 0 Å². The van der Waals surface area contributed by atoms with E-state index in [9.17, 15) is 68.7 Å². The second-order valence-corrected chi connectivity index (χ2v) is 25.9. The fraction of sp³-hybridized carbons (Fsp3) is 0.608.